The van der Waals surface area contributed by atoms with E-state index in [1.165, 1.54) is 36.0 Å². The van der Waals surface area contributed by atoms with Gasteiger partial charge in [0.15, 0.2) is 0 Å². The van der Waals surface area contributed by atoms with Gasteiger partial charge in [0.2, 0.25) is 0 Å². The van der Waals surface area contributed by atoms with Crippen LogP contribution >= 0.6 is 0 Å². The number of aryl methyl sites for hydroxylation is 3. The van der Waals surface area contributed by atoms with Crippen LogP contribution in [0, 0.1) is 0 Å². The van der Waals surface area contributed by atoms with Gasteiger partial charge in [0.05, 0.1) is 12.3 Å². The van der Waals surface area contributed by atoms with Crippen molar-refractivity contribution in [3.05, 3.63) is 83.6 Å². The molecule has 1 heterocycles. The number of pyridine rings is 1. The molecule has 0 atom stereocenters. The Hall–Kier alpha value is -2.61. The van der Waals surface area contributed by atoms with Crippen LogP contribution in [0.25, 0.3) is 11.3 Å². The van der Waals surface area contributed by atoms with Gasteiger partial charge in [-0.3, -0.25) is 4.98 Å². The van der Waals surface area contributed by atoms with Crippen LogP contribution in [0.3, 0.4) is 0 Å². The third kappa shape index (κ3) is 6.74. The highest BCUT2D eigenvalue weighted by molar-refractivity contribution is 5.60. The maximum absolute atomic E-state index is 5.74. The minimum Gasteiger partial charge on any atom is -0.494 e. The molecule has 0 saturated carbocycles. The first-order chi connectivity index (χ1) is 14.3. The highest BCUT2D eigenvalue weighted by Crippen LogP contribution is 2.21. The van der Waals surface area contributed by atoms with Gasteiger partial charge in [-0.05, 0) is 79.1 Å². The summed E-state index contributed by atoms with van der Waals surface area (Å²) in [5.74, 6) is 0.930. The van der Waals surface area contributed by atoms with Crippen LogP contribution in [0.4, 0.5) is 0 Å². The van der Waals surface area contributed by atoms with Gasteiger partial charge in [-0.25, -0.2) is 0 Å². The Balaban J connectivity index is 1.52. The lowest BCUT2D eigenvalue weighted by atomic mass is 10.0. The lowest BCUT2D eigenvalue weighted by Crippen LogP contribution is -1.96. The van der Waals surface area contributed by atoms with E-state index in [2.05, 4.69) is 67.4 Å². The first-order valence-corrected chi connectivity index (χ1v) is 11.0. The summed E-state index contributed by atoms with van der Waals surface area (Å²) in [4.78, 5) is 4.67. The van der Waals surface area contributed by atoms with Crippen LogP contribution in [-0.2, 0) is 19.3 Å². The molecule has 1 aromatic heterocycles. The smallest absolute Gasteiger partial charge is 0.119 e. The predicted octanol–water partition coefficient (Wildman–Crippen LogP) is 7.06. The van der Waals surface area contributed by atoms with E-state index in [9.17, 15) is 0 Å². The molecule has 0 radical (unpaired) electrons. The van der Waals surface area contributed by atoms with E-state index in [-0.39, 0.29) is 0 Å². The molecule has 152 valence electrons. The number of hydrogen-bond donors (Lipinski definition) is 0. The van der Waals surface area contributed by atoms with Crippen molar-refractivity contribution < 1.29 is 4.74 Å². The molecule has 0 spiro atoms. The summed E-state index contributed by atoms with van der Waals surface area (Å²) in [6.45, 7) is 5.20. The number of benzene rings is 2. The Morgan fingerprint density at radius 3 is 1.90 bits per heavy atom. The molecule has 0 bridgehead atoms. The second kappa shape index (κ2) is 11.4. The van der Waals surface area contributed by atoms with Crippen LogP contribution in [0.15, 0.2) is 66.9 Å². The van der Waals surface area contributed by atoms with Crippen LogP contribution in [0.5, 0.6) is 5.75 Å². The quantitative estimate of drug-likeness (QED) is 0.329. The zero-order valence-corrected chi connectivity index (χ0v) is 17.9. The zero-order chi connectivity index (χ0) is 20.3. The lowest BCUT2D eigenvalue weighted by molar-refractivity contribution is 0.309. The van der Waals surface area contributed by atoms with E-state index >= 15 is 0 Å². The van der Waals surface area contributed by atoms with Gasteiger partial charge in [-0.2, -0.15) is 0 Å². The van der Waals surface area contributed by atoms with E-state index in [1.54, 1.807) is 0 Å². The van der Waals surface area contributed by atoms with Crippen LogP contribution in [0.1, 0.15) is 56.2 Å². The van der Waals surface area contributed by atoms with Gasteiger partial charge in [0, 0.05) is 11.8 Å². The molecular formula is C27H33NO. The topological polar surface area (TPSA) is 22.1 Å². The molecule has 3 aromatic rings. The van der Waals surface area contributed by atoms with Crippen molar-refractivity contribution in [2.45, 2.75) is 58.8 Å². The maximum Gasteiger partial charge on any atom is 0.119 e. The van der Waals surface area contributed by atoms with Crippen molar-refractivity contribution >= 4 is 0 Å². The summed E-state index contributed by atoms with van der Waals surface area (Å²) in [5, 5.41) is 0. The monoisotopic (exact) mass is 387 g/mol. The van der Waals surface area contributed by atoms with Crippen molar-refractivity contribution in [2.24, 2.45) is 0 Å². The summed E-state index contributed by atoms with van der Waals surface area (Å²) in [6.07, 6.45) is 10.0. The van der Waals surface area contributed by atoms with Gasteiger partial charge in [0.1, 0.15) is 5.75 Å². The van der Waals surface area contributed by atoms with E-state index < -0.39 is 0 Å². The molecule has 0 saturated heterocycles. The molecule has 2 nitrogen and oxygen atoms in total. The Morgan fingerprint density at radius 2 is 1.28 bits per heavy atom. The predicted molar refractivity (Wildman–Crippen MR) is 123 cm³/mol. The number of hydrogen-bond acceptors (Lipinski definition) is 2. The molecule has 0 aliphatic rings. The highest BCUT2D eigenvalue weighted by Gasteiger charge is 2.02. The van der Waals surface area contributed by atoms with Crippen LogP contribution < -0.4 is 4.74 Å². The van der Waals surface area contributed by atoms with Crippen molar-refractivity contribution in [1.82, 2.24) is 4.98 Å². The number of nitrogens with zero attached hydrogens (tertiary/aromatic N) is 1. The SMILES string of the molecule is CCCCOc1ccc(-c2ccc(CCc3ccc(CCCC)cc3)cn2)cc1. The summed E-state index contributed by atoms with van der Waals surface area (Å²) >= 11 is 0. The van der Waals surface area contributed by atoms with Gasteiger partial charge in [-0.1, -0.05) is 57.0 Å². The molecule has 0 fully saturated rings. The van der Waals surface area contributed by atoms with Gasteiger partial charge < -0.3 is 4.74 Å². The Morgan fingerprint density at radius 1 is 0.655 bits per heavy atom. The molecule has 0 aliphatic carbocycles. The fraction of sp³-hybridized carbons (Fsp3) is 0.370. The van der Waals surface area contributed by atoms with E-state index in [0.717, 1.165) is 49.3 Å². The number of unbranched alkanes of at least 4 members (excludes halogenated alkanes) is 2. The summed E-state index contributed by atoms with van der Waals surface area (Å²) < 4.78 is 5.74. The second-order valence-electron chi connectivity index (χ2n) is 7.70. The molecule has 3 rings (SSSR count). The molecule has 0 aliphatic heterocycles. The van der Waals surface area contributed by atoms with Crippen molar-refractivity contribution in [3.8, 4) is 17.0 Å². The molecule has 0 amide bonds. The minimum absolute atomic E-state index is 0.782. The molecule has 2 heteroatoms. The van der Waals surface area contributed by atoms with Crippen molar-refractivity contribution in [2.75, 3.05) is 6.61 Å². The molecule has 29 heavy (non-hydrogen) atoms. The molecule has 2 aromatic carbocycles. The largest absolute Gasteiger partial charge is 0.494 e. The molecule has 0 N–H and O–H groups in total. The van der Waals surface area contributed by atoms with Gasteiger partial charge in [-0.15, -0.1) is 0 Å². The third-order valence-electron chi connectivity index (χ3n) is 5.29. The maximum atomic E-state index is 5.74. The van der Waals surface area contributed by atoms with E-state index in [0.29, 0.717) is 0 Å². The summed E-state index contributed by atoms with van der Waals surface area (Å²) in [5.41, 5.74) is 6.26. The molecular weight excluding hydrogens is 354 g/mol. The van der Waals surface area contributed by atoms with Crippen molar-refractivity contribution in [1.29, 1.82) is 0 Å². The first-order valence-electron chi connectivity index (χ1n) is 11.0. The fourth-order valence-corrected chi connectivity index (χ4v) is 3.34. The zero-order valence-electron chi connectivity index (χ0n) is 17.9. The normalized spacial score (nSPS) is 10.8. The Kier molecular flexibility index (Phi) is 8.30. The number of aromatic nitrogens is 1. The third-order valence-corrected chi connectivity index (χ3v) is 5.29. The Labute approximate surface area is 176 Å². The van der Waals surface area contributed by atoms with Gasteiger partial charge >= 0.3 is 0 Å². The first kappa shape index (κ1) is 21.1. The summed E-state index contributed by atoms with van der Waals surface area (Å²) in [7, 11) is 0. The average Bonchev–Trinajstić information content (AvgIpc) is 2.78. The Bertz CT molecular complexity index is 835. The fourth-order valence-electron chi connectivity index (χ4n) is 3.34. The van der Waals surface area contributed by atoms with Crippen LogP contribution in [0.2, 0.25) is 0 Å². The number of ether oxygens (including phenoxy) is 1. The van der Waals surface area contributed by atoms with E-state index in [4.69, 9.17) is 4.74 Å². The minimum atomic E-state index is 0.782. The van der Waals surface area contributed by atoms with Crippen LogP contribution in [-0.4, -0.2) is 11.6 Å². The second-order valence-corrected chi connectivity index (χ2v) is 7.70. The molecule has 0 unspecified atom stereocenters. The average molecular weight is 388 g/mol. The number of rotatable bonds is 11. The highest BCUT2D eigenvalue weighted by atomic mass is 16.5. The van der Waals surface area contributed by atoms with E-state index in [1.807, 2.05) is 18.3 Å². The summed E-state index contributed by atoms with van der Waals surface area (Å²) in [6, 6.07) is 21.7. The lowest BCUT2D eigenvalue weighted by Gasteiger charge is -2.07. The standard InChI is InChI=1S/C27H33NO/c1-3-5-7-22-8-10-23(11-9-22)12-13-24-14-19-27(28-21-24)25-15-17-26(18-16-25)29-20-6-4-2/h8-11,14-19,21H,3-7,12-13,20H2,1-2H3. The van der Waals surface area contributed by atoms with Gasteiger partial charge in [0.25, 0.3) is 0 Å². The van der Waals surface area contributed by atoms with Crippen molar-refractivity contribution in [3.63, 3.8) is 0 Å².